The van der Waals surface area contributed by atoms with Gasteiger partial charge in [-0.3, -0.25) is 9.59 Å². The van der Waals surface area contributed by atoms with Gasteiger partial charge in [-0.25, -0.2) is 0 Å². The van der Waals surface area contributed by atoms with Crippen LogP contribution in [0.25, 0.3) is 0 Å². The van der Waals surface area contributed by atoms with Crippen LogP contribution >= 0.6 is 0 Å². The first-order chi connectivity index (χ1) is 10.2. The SMILES string of the molecule is CC(O)CC(C)(C)CNC(=O)C(C)NC(=O)C1CCCCC1. The van der Waals surface area contributed by atoms with Crippen molar-refractivity contribution in [2.24, 2.45) is 11.3 Å². The van der Waals surface area contributed by atoms with Gasteiger partial charge in [0.15, 0.2) is 0 Å². The van der Waals surface area contributed by atoms with Gasteiger partial charge in [-0.15, -0.1) is 0 Å². The maximum Gasteiger partial charge on any atom is 0.242 e. The zero-order valence-corrected chi connectivity index (χ0v) is 14.4. The number of nitrogens with one attached hydrogen (secondary N) is 2. The van der Waals surface area contributed by atoms with Gasteiger partial charge in [-0.2, -0.15) is 0 Å². The highest BCUT2D eigenvalue weighted by Crippen LogP contribution is 2.24. The van der Waals surface area contributed by atoms with Crippen molar-refractivity contribution in [3.8, 4) is 0 Å². The summed E-state index contributed by atoms with van der Waals surface area (Å²) in [6, 6.07) is -0.517. The normalized spacial score (nSPS) is 19.3. The van der Waals surface area contributed by atoms with Crippen LogP contribution in [0, 0.1) is 11.3 Å². The topological polar surface area (TPSA) is 78.4 Å². The second kappa shape index (κ2) is 8.51. The molecule has 5 nitrogen and oxygen atoms in total. The molecule has 0 aromatic rings. The number of rotatable bonds is 7. The van der Waals surface area contributed by atoms with Crippen molar-refractivity contribution in [1.29, 1.82) is 0 Å². The minimum Gasteiger partial charge on any atom is -0.393 e. The molecule has 3 N–H and O–H groups in total. The molecular weight excluding hydrogens is 280 g/mol. The van der Waals surface area contributed by atoms with Crippen LogP contribution in [0.5, 0.6) is 0 Å². The lowest BCUT2D eigenvalue weighted by Crippen LogP contribution is -2.48. The van der Waals surface area contributed by atoms with Crippen molar-refractivity contribution in [2.75, 3.05) is 6.54 Å². The van der Waals surface area contributed by atoms with Crippen molar-refractivity contribution in [3.63, 3.8) is 0 Å². The quantitative estimate of drug-likeness (QED) is 0.672. The Morgan fingerprint density at radius 1 is 1.18 bits per heavy atom. The molecule has 0 saturated heterocycles. The molecule has 2 unspecified atom stereocenters. The van der Waals surface area contributed by atoms with Crippen molar-refractivity contribution in [1.82, 2.24) is 10.6 Å². The van der Waals surface area contributed by atoms with Crippen molar-refractivity contribution in [3.05, 3.63) is 0 Å². The van der Waals surface area contributed by atoms with E-state index >= 15 is 0 Å². The second-order valence-corrected chi connectivity index (χ2v) is 7.50. The van der Waals surface area contributed by atoms with Gasteiger partial charge in [0, 0.05) is 12.5 Å². The fourth-order valence-corrected chi connectivity index (χ4v) is 3.11. The van der Waals surface area contributed by atoms with Crippen LogP contribution < -0.4 is 10.6 Å². The van der Waals surface area contributed by atoms with Crippen molar-refractivity contribution in [2.45, 2.75) is 78.4 Å². The predicted molar refractivity (Wildman–Crippen MR) is 87.3 cm³/mol. The van der Waals surface area contributed by atoms with Crippen LogP contribution in [0.1, 0.15) is 66.2 Å². The van der Waals surface area contributed by atoms with Crippen molar-refractivity contribution < 1.29 is 14.7 Å². The average Bonchev–Trinajstić information content (AvgIpc) is 2.44. The molecule has 1 rings (SSSR count). The molecule has 1 aliphatic rings. The molecule has 5 heteroatoms. The average molecular weight is 312 g/mol. The van der Waals surface area contributed by atoms with Crippen molar-refractivity contribution >= 4 is 11.8 Å². The number of aliphatic hydroxyl groups is 1. The maximum absolute atomic E-state index is 12.1. The molecule has 0 bridgehead atoms. The predicted octanol–water partition coefficient (Wildman–Crippen LogP) is 1.98. The molecule has 2 amide bonds. The van der Waals surface area contributed by atoms with E-state index in [2.05, 4.69) is 10.6 Å². The molecule has 2 atom stereocenters. The first-order valence-corrected chi connectivity index (χ1v) is 8.47. The fourth-order valence-electron chi connectivity index (χ4n) is 3.11. The summed E-state index contributed by atoms with van der Waals surface area (Å²) in [6.07, 6.45) is 5.51. The van der Waals surface area contributed by atoms with E-state index in [1.807, 2.05) is 13.8 Å². The molecule has 0 aromatic heterocycles. The van der Waals surface area contributed by atoms with E-state index in [0.29, 0.717) is 13.0 Å². The number of carbonyl (C=O) groups excluding carboxylic acids is 2. The Labute approximate surface area is 134 Å². The zero-order chi connectivity index (χ0) is 16.8. The molecule has 1 fully saturated rings. The highest BCUT2D eigenvalue weighted by atomic mass is 16.3. The van der Waals surface area contributed by atoms with E-state index in [1.54, 1.807) is 13.8 Å². The summed E-state index contributed by atoms with van der Waals surface area (Å²) in [5, 5.41) is 15.2. The molecule has 22 heavy (non-hydrogen) atoms. The Morgan fingerprint density at radius 3 is 2.32 bits per heavy atom. The summed E-state index contributed by atoms with van der Waals surface area (Å²) in [6.45, 7) is 7.96. The van der Waals surface area contributed by atoms with E-state index in [1.165, 1.54) is 6.42 Å². The lowest BCUT2D eigenvalue weighted by molar-refractivity contribution is -0.131. The smallest absolute Gasteiger partial charge is 0.242 e. The lowest BCUT2D eigenvalue weighted by atomic mass is 9.87. The number of hydrogen-bond donors (Lipinski definition) is 3. The number of aliphatic hydroxyl groups excluding tert-OH is 1. The standard InChI is InChI=1S/C17H32N2O3/c1-12(20)10-17(3,4)11-18-15(21)13(2)19-16(22)14-8-6-5-7-9-14/h12-14,20H,5-11H2,1-4H3,(H,18,21)(H,19,22). The van der Waals surface area contributed by atoms with Crippen LogP contribution in [0.4, 0.5) is 0 Å². The zero-order valence-electron chi connectivity index (χ0n) is 14.4. The Hall–Kier alpha value is -1.10. The molecule has 0 radical (unpaired) electrons. The highest BCUT2D eigenvalue weighted by molar-refractivity contribution is 5.88. The van der Waals surface area contributed by atoms with E-state index in [9.17, 15) is 14.7 Å². The van der Waals surface area contributed by atoms with E-state index in [-0.39, 0.29) is 23.1 Å². The van der Waals surface area contributed by atoms with Crippen LogP contribution in [-0.2, 0) is 9.59 Å². The molecule has 0 aliphatic heterocycles. The van der Waals surface area contributed by atoms with Gasteiger partial charge in [0.1, 0.15) is 6.04 Å². The van der Waals surface area contributed by atoms with Gasteiger partial charge in [0.25, 0.3) is 0 Å². The second-order valence-electron chi connectivity index (χ2n) is 7.50. The molecule has 0 aromatic carbocycles. The Bertz CT molecular complexity index is 374. The summed E-state index contributed by atoms with van der Waals surface area (Å²) in [5.41, 5.74) is -0.170. The molecule has 1 aliphatic carbocycles. The van der Waals surface area contributed by atoms with Gasteiger partial charge >= 0.3 is 0 Å². The van der Waals surface area contributed by atoms with E-state index in [4.69, 9.17) is 0 Å². The summed E-state index contributed by atoms with van der Waals surface area (Å²) < 4.78 is 0. The van der Waals surface area contributed by atoms with Gasteiger partial charge in [-0.05, 0) is 38.5 Å². The van der Waals surface area contributed by atoms with E-state index < -0.39 is 12.1 Å². The summed E-state index contributed by atoms with van der Waals surface area (Å²) in [5.74, 6) is -0.0934. The van der Waals surface area contributed by atoms with Gasteiger partial charge < -0.3 is 15.7 Å². The third-order valence-electron chi connectivity index (χ3n) is 4.32. The Balaban J connectivity index is 2.36. The third kappa shape index (κ3) is 6.77. The van der Waals surface area contributed by atoms with Crippen LogP contribution in [0.3, 0.4) is 0 Å². The minimum atomic E-state index is -0.517. The third-order valence-corrected chi connectivity index (χ3v) is 4.32. The summed E-state index contributed by atoms with van der Waals surface area (Å²) in [7, 11) is 0. The minimum absolute atomic E-state index is 0.00518. The van der Waals surface area contributed by atoms with Gasteiger partial charge in [-0.1, -0.05) is 33.1 Å². The highest BCUT2D eigenvalue weighted by Gasteiger charge is 2.26. The maximum atomic E-state index is 12.1. The van der Waals surface area contributed by atoms with Gasteiger partial charge in [0.2, 0.25) is 11.8 Å². The summed E-state index contributed by atoms with van der Waals surface area (Å²) >= 11 is 0. The van der Waals surface area contributed by atoms with Crippen LogP contribution in [-0.4, -0.2) is 35.6 Å². The number of amides is 2. The summed E-state index contributed by atoms with van der Waals surface area (Å²) in [4.78, 5) is 24.2. The first kappa shape index (κ1) is 18.9. The molecule has 0 spiro atoms. The number of carbonyl (C=O) groups is 2. The lowest BCUT2D eigenvalue weighted by Gasteiger charge is -2.27. The van der Waals surface area contributed by atoms with Crippen LogP contribution in [0.2, 0.25) is 0 Å². The molecule has 128 valence electrons. The largest absolute Gasteiger partial charge is 0.393 e. The van der Waals surface area contributed by atoms with E-state index in [0.717, 1.165) is 25.7 Å². The monoisotopic (exact) mass is 312 g/mol. The van der Waals surface area contributed by atoms with Crippen LogP contribution in [0.15, 0.2) is 0 Å². The molecular formula is C17H32N2O3. The number of hydrogen-bond acceptors (Lipinski definition) is 3. The Kier molecular flexibility index (Phi) is 7.33. The first-order valence-electron chi connectivity index (χ1n) is 8.47. The fraction of sp³-hybridized carbons (Fsp3) is 0.882. The molecule has 0 heterocycles. The molecule has 1 saturated carbocycles. The Morgan fingerprint density at radius 2 is 1.77 bits per heavy atom. The van der Waals surface area contributed by atoms with Gasteiger partial charge in [0.05, 0.1) is 6.10 Å².